The van der Waals surface area contributed by atoms with Gasteiger partial charge in [0.2, 0.25) is 0 Å². The Bertz CT molecular complexity index is 456. The lowest BCUT2D eigenvalue weighted by Gasteiger charge is -2.41. The summed E-state index contributed by atoms with van der Waals surface area (Å²) in [5.74, 6) is -0.318. The van der Waals surface area contributed by atoms with E-state index in [0.29, 0.717) is 24.7 Å². The maximum Gasteiger partial charge on any atom is 0.123 e. The first kappa shape index (κ1) is 16.4. The van der Waals surface area contributed by atoms with Gasteiger partial charge in [-0.25, -0.2) is 4.39 Å². The molecule has 5 heteroatoms. The molecular weight excluding hydrogens is 271 g/mol. The van der Waals surface area contributed by atoms with Crippen molar-refractivity contribution in [2.24, 2.45) is 0 Å². The number of hydrogen-bond acceptors (Lipinski definition) is 4. The van der Waals surface area contributed by atoms with E-state index in [2.05, 4.69) is 16.7 Å². The molecule has 4 nitrogen and oxygen atoms in total. The van der Waals surface area contributed by atoms with Gasteiger partial charge in [0.15, 0.2) is 0 Å². The van der Waals surface area contributed by atoms with E-state index < -0.39 is 6.10 Å². The SMILES string of the molecule is CC(O)CN1CCN(CC(O)c2cccc(F)c2)CC1C. The number of benzene rings is 1. The Morgan fingerprint density at radius 1 is 1.29 bits per heavy atom. The maximum absolute atomic E-state index is 13.2. The van der Waals surface area contributed by atoms with Crippen LogP contribution in [0.2, 0.25) is 0 Å². The zero-order valence-electron chi connectivity index (χ0n) is 12.7. The summed E-state index contributed by atoms with van der Waals surface area (Å²) < 4.78 is 13.2. The van der Waals surface area contributed by atoms with Gasteiger partial charge in [0.05, 0.1) is 12.2 Å². The Labute approximate surface area is 125 Å². The van der Waals surface area contributed by atoms with Gasteiger partial charge in [0.25, 0.3) is 0 Å². The van der Waals surface area contributed by atoms with Crippen molar-refractivity contribution in [2.75, 3.05) is 32.7 Å². The highest BCUT2D eigenvalue weighted by molar-refractivity contribution is 5.19. The summed E-state index contributed by atoms with van der Waals surface area (Å²) in [4.78, 5) is 4.45. The minimum atomic E-state index is -0.670. The van der Waals surface area contributed by atoms with Crippen molar-refractivity contribution >= 4 is 0 Å². The molecule has 3 atom stereocenters. The lowest BCUT2D eigenvalue weighted by atomic mass is 10.1. The lowest BCUT2D eigenvalue weighted by Crippen LogP contribution is -2.54. The summed E-state index contributed by atoms with van der Waals surface area (Å²) in [5.41, 5.74) is 0.620. The first-order chi connectivity index (χ1) is 9.95. The van der Waals surface area contributed by atoms with Crippen LogP contribution in [0.5, 0.6) is 0 Å². The number of aliphatic hydroxyl groups excluding tert-OH is 2. The topological polar surface area (TPSA) is 46.9 Å². The summed E-state index contributed by atoms with van der Waals surface area (Å²) in [5, 5.41) is 19.7. The molecule has 1 aliphatic rings. The van der Waals surface area contributed by atoms with Crippen LogP contribution in [-0.4, -0.2) is 64.9 Å². The van der Waals surface area contributed by atoms with E-state index >= 15 is 0 Å². The van der Waals surface area contributed by atoms with Crippen molar-refractivity contribution in [3.63, 3.8) is 0 Å². The van der Waals surface area contributed by atoms with Crippen LogP contribution in [-0.2, 0) is 0 Å². The number of halogens is 1. The van der Waals surface area contributed by atoms with Crippen LogP contribution < -0.4 is 0 Å². The average Bonchev–Trinajstić information content (AvgIpc) is 2.41. The molecule has 118 valence electrons. The van der Waals surface area contributed by atoms with E-state index in [9.17, 15) is 14.6 Å². The molecular formula is C16H25FN2O2. The number of aliphatic hydroxyl groups is 2. The van der Waals surface area contributed by atoms with E-state index in [1.165, 1.54) is 12.1 Å². The summed E-state index contributed by atoms with van der Waals surface area (Å²) in [7, 11) is 0. The molecule has 0 aromatic heterocycles. The Morgan fingerprint density at radius 2 is 2.05 bits per heavy atom. The van der Waals surface area contributed by atoms with E-state index in [1.807, 2.05) is 0 Å². The summed E-state index contributed by atoms with van der Waals surface area (Å²) in [6.07, 6.45) is -0.993. The zero-order valence-corrected chi connectivity index (χ0v) is 12.7. The molecule has 0 amide bonds. The predicted octanol–water partition coefficient (Wildman–Crippen LogP) is 1.25. The largest absolute Gasteiger partial charge is 0.392 e. The van der Waals surface area contributed by atoms with Crippen LogP contribution in [0.3, 0.4) is 0 Å². The van der Waals surface area contributed by atoms with Crippen LogP contribution in [0.25, 0.3) is 0 Å². The summed E-state index contributed by atoms with van der Waals surface area (Å²) in [6.45, 7) is 7.69. The Kier molecular flexibility index (Phi) is 5.70. The van der Waals surface area contributed by atoms with E-state index in [-0.39, 0.29) is 11.9 Å². The quantitative estimate of drug-likeness (QED) is 0.858. The van der Waals surface area contributed by atoms with Crippen molar-refractivity contribution in [3.05, 3.63) is 35.6 Å². The van der Waals surface area contributed by atoms with Crippen LogP contribution in [0.15, 0.2) is 24.3 Å². The molecule has 2 rings (SSSR count). The van der Waals surface area contributed by atoms with E-state index in [0.717, 1.165) is 19.6 Å². The van der Waals surface area contributed by atoms with Gasteiger partial charge in [0.1, 0.15) is 5.82 Å². The van der Waals surface area contributed by atoms with E-state index in [1.54, 1.807) is 19.1 Å². The second-order valence-corrected chi connectivity index (χ2v) is 6.02. The zero-order chi connectivity index (χ0) is 15.4. The van der Waals surface area contributed by atoms with Gasteiger partial charge in [-0.1, -0.05) is 12.1 Å². The van der Waals surface area contributed by atoms with Crippen molar-refractivity contribution in [1.82, 2.24) is 9.80 Å². The minimum absolute atomic E-state index is 0.318. The molecule has 1 fully saturated rings. The fraction of sp³-hybridized carbons (Fsp3) is 0.625. The lowest BCUT2D eigenvalue weighted by molar-refractivity contribution is 0.0240. The fourth-order valence-electron chi connectivity index (χ4n) is 2.91. The number of β-amino-alcohol motifs (C(OH)–C–C–N with tert-alkyl or cyclic N) is 2. The average molecular weight is 296 g/mol. The molecule has 1 aromatic carbocycles. The van der Waals surface area contributed by atoms with Gasteiger partial charge in [-0.3, -0.25) is 9.80 Å². The monoisotopic (exact) mass is 296 g/mol. The predicted molar refractivity (Wildman–Crippen MR) is 80.5 cm³/mol. The first-order valence-corrected chi connectivity index (χ1v) is 7.53. The molecule has 1 saturated heterocycles. The van der Waals surface area contributed by atoms with Crippen LogP contribution in [0.4, 0.5) is 4.39 Å². The smallest absolute Gasteiger partial charge is 0.123 e. The van der Waals surface area contributed by atoms with E-state index in [4.69, 9.17) is 0 Å². The maximum atomic E-state index is 13.2. The Balaban J connectivity index is 1.87. The second kappa shape index (κ2) is 7.31. The third-order valence-corrected chi connectivity index (χ3v) is 4.01. The third kappa shape index (κ3) is 4.74. The fourth-order valence-corrected chi connectivity index (χ4v) is 2.91. The van der Waals surface area contributed by atoms with Gasteiger partial charge < -0.3 is 10.2 Å². The molecule has 1 aliphatic heterocycles. The molecule has 21 heavy (non-hydrogen) atoms. The molecule has 3 unspecified atom stereocenters. The van der Waals surface area contributed by atoms with Crippen LogP contribution in [0, 0.1) is 5.82 Å². The molecule has 1 aromatic rings. The highest BCUT2D eigenvalue weighted by atomic mass is 19.1. The minimum Gasteiger partial charge on any atom is -0.392 e. The molecule has 0 saturated carbocycles. The first-order valence-electron chi connectivity index (χ1n) is 7.53. The van der Waals surface area contributed by atoms with Crippen molar-refractivity contribution in [2.45, 2.75) is 32.1 Å². The molecule has 0 bridgehead atoms. The van der Waals surface area contributed by atoms with Gasteiger partial charge in [-0.2, -0.15) is 0 Å². The van der Waals surface area contributed by atoms with Gasteiger partial charge in [-0.05, 0) is 31.5 Å². The summed E-state index contributed by atoms with van der Waals surface area (Å²) in [6, 6.07) is 6.48. The molecule has 0 radical (unpaired) electrons. The van der Waals surface area contributed by atoms with Crippen LogP contribution >= 0.6 is 0 Å². The standard InChI is InChI=1S/C16H25FN2O2/c1-12-9-18(6-7-19(12)10-13(2)20)11-16(21)14-4-3-5-15(17)8-14/h3-5,8,12-13,16,20-21H,6-7,9-11H2,1-2H3. The van der Waals surface area contributed by atoms with Gasteiger partial charge >= 0.3 is 0 Å². The van der Waals surface area contributed by atoms with Gasteiger partial charge in [0, 0.05) is 38.8 Å². The molecule has 0 aliphatic carbocycles. The molecule has 0 spiro atoms. The van der Waals surface area contributed by atoms with Crippen molar-refractivity contribution < 1.29 is 14.6 Å². The molecule has 1 heterocycles. The highest BCUT2D eigenvalue weighted by Gasteiger charge is 2.25. The van der Waals surface area contributed by atoms with Crippen molar-refractivity contribution in [3.8, 4) is 0 Å². The Morgan fingerprint density at radius 3 is 2.67 bits per heavy atom. The number of nitrogens with zero attached hydrogens (tertiary/aromatic N) is 2. The van der Waals surface area contributed by atoms with Crippen molar-refractivity contribution in [1.29, 1.82) is 0 Å². The third-order valence-electron chi connectivity index (χ3n) is 4.01. The molecule has 2 N–H and O–H groups in total. The van der Waals surface area contributed by atoms with Crippen LogP contribution in [0.1, 0.15) is 25.5 Å². The normalized spacial score (nSPS) is 24.0. The van der Waals surface area contributed by atoms with Gasteiger partial charge in [-0.15, -0.1) is 0 Å². The Hall–Kier alpha value is -1.01. The number of piperazine rings is 1. The number of hydrogen-bond donors (Lipinski definition) is 2. The second-order valence-electron chi connectivity index (χ2n) is 6.02. The number of rotatable bonds is 5. The highest BCUT2D eigenvalue weighted by Crippen LogP contribution is 2.18. The summed E-state index contributed by atoms with van der Waals surface area (Å²) >= 11 is 0.